The molecule has 2 aromatic heterocycles. The second kappa shape index (κ2) is 4.63. The lowest BCUT2D eigenvalue weighted by Gasteiger charge is -1.96. The summed E-state index contributed by atoms with van der Waals surface area (Å²) in [4.78, 5) is 15.4. The number of carbonyl (C=O) groups excluding carboxylic acids is 1. The predicted molar refractivity (Wildman–Crippen MR) is 60.2 cm³/mol. The highest BCUT2D eigenvalue weighted by Gasteiger charge is 2.11. The Morgan fingerprint density at radius 2 is 2.50 bits per heavy atom. The summed E-state index contributed by atoms with van der Waals surface area (Å²) in [5.41, 5.74) is 0.396. The van der Waals surface area contributed by atoms with E-state index in [2.05, 4.69) is 10.1 Å². The average molecular weight is 258 g/mol. The lowest BCUT2D eigenvalue weighted by atomic mass is 10.4. The molecule has 5 nitrogen and oxygen atoms in total. The Balaban J connectivity index is 2.22. The molecule has 0 amide bonds. The van der Waals surface area contributed by atoms with E-state index >= 15 is 0 Å². The first kappa shape index (κ1) is 11.1. The average Bonchev–Trinajstić information content (AvgIpc) is 2.85. The summed E-state index contributed by atoms with van der Waals surface area (Å²) >= 11 is 7.04. The molecule has 84 valence electrons. The van der Waals surface area contributed by atoms with Crippen molar-refractivity contribution in [2.45, 2.75) is 6.92 Å². The molecule has 0 spiro atoms. The smallest absolute Gasteiger partial charge is 0.341 e. The van der Waals surface area contributed by atoms with Crippen molar-refractivity contribution in [3.05, 3.63) is 28.5 Å². The summed E-state index contributed by atoms with van der Waals surface area (Å²) in [6, 6.07) is 0. The van der Waals surface area contributed by atoms with Gasteiger partial charge in [0.15, 0.2) is 0 Å². The van der Waals surface area contributed by atoms with Crippen molar-refractivity contribution in [2.24, 2.45) is 0 Å². The highest BCUT2D eigenvalue weighted by molar-refractivity contribution is 7.12. The van der Waals surface area contributed by atoms with Gasteiger partial charge in [-0.15, -0.1) is 11.3 Å². The van der Waals surface area contributed by atoms with Gasteiger partial charge < -0.3 is 4.74 Å². The number of hydrogen-bond donors (Lipinski definition) is 0. The molecule has 16 heavy (non-hydrogen) atoms. The van der Waals surface area contributed by atoms with Crippen molar-refractivity contribution in [3.63, 3.8) is 0 Å². The van der Waals surface area contributed by atoms with Crippen molar-refractivity contribution in [1.82, 2.24) is 14.8 Å². The number of rotatable bonds is 3. The molecule has 7 heteroatoms. The molecule has 0 bridgehead atoms. The Morgan fingerprint density at radius 3 is 3.12 bits per heavy atom. The number of nitrogens with zero attached hydrogens (tertiary/aromatic N) is 3. The first-order valence-electron chi connectivity index (χ1n) is 4.54. The van der Waals surface area contributed by atoms with E-state index in [0.29, 0.717) is 22.5 Å². The fourth-order valence-corrected chi connectivity index (χ4v) is 1.98. The maximum absolute atomic E-state index is 11.4. The normalized spacial score (nSPS) is 10.4. The lowest BCUT2D eigenvalue weighted by molar-refractivity contribution is 0.0526. The third kappa shape index (κ3) is 2.23. The number of thiazole rings is 1. The molecule has 2 rings (SSSR count). The number of ether oxygens (including phenoxy) is 1. The van der Waals surface area contributed by atoms with Crippen LogP contribution in [0.3, 0.4) is 0 Å². The van der Waals surface area contributed by atoms with E-state index in [-0.39, 0.29) is 0 Å². The van der Waals surface area contributed by atoms with Crippen LogP contribution in [0.1, 0.15) is 17.3 Å². The molecule has 0 N–H and O–H groups in total. The summed E-state index contributed by atoms with van der Waals surface area (Å²) in [7, 11) is 0. The quantitative estimate of drug-likeness (QED) is 0.791. The van der Waals surface area contributed by atoms with Crippen LogP contribution in [0.2, 0.25) is 5.15 Å². The molecule has 0 aromatic carbocycles. The summed E-state index contributed by atoms with van der Waals surface area (Å²) in [6.07, 6.45) is 3.00. The van der Waals surface area contributed by atoms with Gasteiger partial charge in [0.05, 0.1) is 18.4 Å². The van der Waals surface area contributed by atoms with Gasteiger partial charge in [0.2, 0.25) is 5.13 Å². The number of hydrogen-bond acceptors (Lipinski definition) is 5. The molecule has 0 radical (unpaired) electrons. The SMILES string of the molecule is CCOC(=O)c1cnn(-c2nc(Cl)cs2)c1. The highest BCUT2D eigenvalue weighted by atomic mass is 35.5. The van der Waals surface area contributed by atoms with Crippen molar-refractivity contribution >= 4 is 28.9 Å². The molecule has 0 atom stereocenters. The van der Waals surface area contributed by atoms with Gasteiger partial charge in [0.1, 0.15) is 5.15 Å². The number of carbonyl (C=O) groups is 1. The van der Waals surface area contributed by atoms with E-state index in [0.717, 1.165) is 0 Å². The second-order valence-electron chi connectivity index (χ2n) is 2.85. The standard InChI is InChI=1S/C9H8ClN3O2S/c1-2-15-8(14)6-3-11-13(4-6)9-12-7(10)5-16-9/h3-5H,2H2,1H3. The molecule has 0 fully saturated rings. The van der Waals surface area contributed by atoms with Crippen LogP contribution in [-0.4, -0.2) is 27.3 Å². The Labute approximate surface area is 101 Å². The number of halogens is 1. The van der Waals surface area contributed by atoms with E-state index < -0.39 is 5.97 Å². The minimum Gasteiger partial charge on any atom is -0.462 e. The van der Waals surface area contributed by atoms with Crippen molar-refractivity contribution < 1.29 is 9.53 Å². The van der Waals surface area contributed by atoms with Crippen molar-refractivity contribution in [1.29, 1.82) is 0 Å². The molecule has 0 unspecified atom stereocenters. The van der Waals surface area contributed by atoms with Gasteiger partial charge in [-0.1, -0.05) is 11.6 Å². The summed E-state index contributed by atoms with van der Waals surface area (Å²) < 4.78 is 6.34. The van der Waals surface area contributed by atoms with Gasteiger partial charge in [-0.25, -0.2) is 14.5 Å². The van der Waals surface area contributed by atoms with Crippen LogP contribution in [-0.2, 0) is 4.74 Å². The van der Waals surface area contributed by atoms with Gasteiger partial charge >= 0.3 is 5.97 Å². The third-order valence-corrected chi connectivity index (χ3v) is 2.91. The topological polar surface area (TPSA) is 57.0 Å². The largest absolute Gasteiger partial charge is 0.462 e. The molecule has 0 aliphatic heterocycles. The van der Waals surface area contributed by atoms with Crippen LogP contribution < -0.4 is 0 Å². The van der Waals surface area contributed by atoms with Crippen LogP contribution in [0, 0.1) is 0 Å². The zero-order valence-corrected chi connectivity index (χ0v) is 9.96. The van der Waals surface area contributed by atoms with Crippen LogP contribution >= 0.6 is 22.9 Å². The Bertz CT molecular complexity index is 508. The van der Waals surface area contributed by atoms with Crippen molar-refractivity contribution in [2.75, 3.05) is 6.61 Å². The third-order valence-electron chi connectivity index (χ3n) is 1.75. The van der Waals surface area contributed by atoms with Crippen LogP contribution in [0.4, 0.5) is 0 Å². The zero-order valence-electron chi connectivity index (χ0n) is 8.38. The van der Waals surface area contributed by atoms with E-state index in [1.807, 2.05) is 0 Å². The highest BCUT2D eigenvalue weighted by Crippen LogP contribution is 2.18. The molecule has 0 aliphatic rings. The van der Waals surface area contributed by atoms with E-state index in [1.54, 1.807) is 18.5 Å². The summed E-state index contributed by atoms with van der Waals surface area (Å²) in [5, 5.41) is 6.73. The lowest BCUT2D eigenvalue weighted by Crippen LogP contribution is -2.03. The van der Waals surface area contributed by atoms with Crippen LogP contribution in [0.5, 0.6) is 0 Å². The number of aromatic nitrogens is 3. The molecule has 0 aliphatic carbocycles. The van der Waals surface area contributed by atoms with Crippen molar-refractivity contribution in [3.8, 4) is 5.13 Å². The van der Waals surface area contributed by atoms with Gasteiger partial charge in [-0.05, 0) is 6.92 Å². The molecule has 0 saturated heterocycles. The first-order valence-corrected chi connectivity index (χ1v) is 5.79. The number of esters is 1. The Kier molecular flexibility index (Phi) is 3.21. The molecular formula is C9H8ClN3O2S. The molecule has 2 aromatic rings. The van der Waals surface area contributed by atoms with Crippen LogP contribution in [0.15, 0.2) is 17.8 Å². The maximum atomic E-state index is 11.4. The zero-order chi connectivity index (χ0) is 11.5. The van der Waals surface area contributed by atoms with E-state index in [4.69, 9.17) is 16.3 Å². The van der Waals surface area contributed by atoms with Gasteiger partial charge in [-0.2, -0.15) is 5.10 Å². The minimum absolute atomic E-state index is 0.340. The predicted octanol–water partition coefficient (Wildman–Crippen LogP) is 2.16. The molecular weight excluding hydrogens is 250 g/mol. The van der Waals surface area contributed by atoms with E-state index in [9.17, 15) is 4.79 Å². The van der Waals surface area contributed by atoms with E-state index in [1.165, 1.54) is 22.2 Å². The Hall–Kier alpha value is -1.40. The van der Waals surface area contributed by atoms with Gasteiger partial charge in [0, 0.05) is 11.6 Å². The summed E-state index contributed by atoms with van der Waals surface area (Å²) in [5.74, 6) is -0.392. The fourth-order valence-electron chi connectivity index (χ4n) is 1.10. The Morgan fingerprint density at radius 1 is 1.69 bits per heavy atom. The monoisotopic (exact) mass is 257 g/mol. The van der Waals surface area contributed by atoms with Gasteiger partial charge in [-0.3, -0.25) is 0 Å². The maximum Gasteiger partial charge on any atom is 0.341 e. The first-order chi connectivity index (χ1) is 7.70. The molecule has 2 heterocycles. The van der Waals surface area contributed by atoms with Gasteiger partial charge in [0.25, 0.3) is 0 Å². The van der Waals surface area contributed by atoms with Crippen LogP contribution in [0.25, 0.3) is 5.13 Å². The minimum atomic E-state index is -0.392. The summed E-state index contributed by atoms with van der Waals surface area (Å²) in [6.45, 7) is 2.09. The second-order valence-corrected chi connectivity index (χ2v) is 4.07. The molecule has 0 saturated carbocycles. The fraction of sp³-hybridized carbons (Fsp3) is 0.222.